The van der Waals surface area contributed by atoms with Crippen LogP contribution in [0.5, 0.6) is 0 Å². The molecule has 5 nitrogen and oxygen atoms in total. The molecule has 1 aliphatic rings. The summed E-state index contributed by atoms with van der Waals surface area (Å²) in [6.45, 7) is 7.17. The Kier molecular flexibility index (Phi) is 4.77. The summed E-state index contributed by atoms with van der Waals surface area (Å²) >= 11 is 3.55. The van der Waals surface area contributed by atoms with E-state index in [1.54, 1.807) is 0 Å². The van der Waals surface area contributed by atoms with Gasteiger partial charge in [-0.05, 0) is 42.9 Å². The van der Waals surface area contributed by atoms with Crippen molar-refractivity contribution in [3.05, 3.63) is 10.7 Å². The van der Waals surface area contributed by atoms with Crippen LogP contribution in [0, 0.1) is 0 Å². The predicted octanol–water partition coefficient (Wildman–Crippen LogP) is 1.81. The Morgan fingerprint density at radius 3 is 2.94 bits per heavy atom. The van der Waals surface area contributed by atoms with Crippen LogP contribution in [0.1, 0.15) is 13.3 Å². The molecule has 2 heterocycles. The van der Waals surface area contributed by atoms with Crippen molar-refractivity contribution in [3.8, 4) is 0 Å². The van der Waals surface area contributed by atoms with E-state index in [1.807, 2.05) is 13.1 Å². The monoisotopic (exact) mass is 313 g/mol. The van der Waals surface area contributed by atoms with E-state index in [9.17, 15) is 0 Å². The van der Waals surface area contributed by atoms with Crippen LogP contribution in [0.25, 0.3) is 0 Å². The number of hydrogen-bond donors (Lipinski definition) is 1. The Morgan fingerprint density at radius 1 is 1.33 bits per heavy atom. The summed E-state index contributed by atoms with van der Waals surface area (Å²) in [5.74, 6) is 1.70. The van der Waals surface area contributed by atoms with Crippen molar-refractivity contribution in [1.29, 1.82) is 0 Å². The number of likely N-dealkylation sites (N-methyl/N-ethyl adjacent to an activating group) is 1. The highest BCUT2D eigenvalue weighted by Crippen LogP contribution is 2.25. The lowest BCUT2D eigenvalue weighted by molar-refractivity contribution is 0.360. The molecular formula is C12H20BrN5. The molecule has 0 unspecified atom stereocenters. The number of rotatable bonds is 3. The van der Waals surface area contributed by atoms with Crippen LogP contribution in [0.4, 0.5) is 11.8 Å². The molecule has 0 spiro atoms. The lowest BCUT2D eigenvalue weighted by atomic mass is 10.4. The van der Waals surface area contributed by atoms with Gasteiger partial charge in [0.15, 0.2) is 0 Å². The van der Waals surface area contributed by atoms with Crippen molar-refractivity contribution in [2.24, 2.45) is 0 Å². The van der Waals surface area contributed by atoms with Crippen molar-refractivity contribution in [2.45, 2.75) is 13.3 Å². The van der Waals surface area contributed by atoms with Crippen LogP contribution in [0.2, 0.25) is 0 Å². The summed E-state index contributed by atoms with van der Waals surface area (Å²) in [5, 5.41) is 3.16. The van der Waals surface area contributed by atoms with Gasteiger partial charge in [-0.15, -0.1) is 0 Å². The molecule has 0 bridgehead atoms. The van der Waals surface area contributed by atoms with Gasteiger partial charge in [-0.1, -0.05) is 0 Å². The normalized spacial score (nSPS) is 17.6. The summed E-state index contributed by atoms with van der Waals surface area (Å²) < 4.78 is 0.966. The summed E-state index contributed by atoms with van der Waals surface area (Å²) in [5.41, 5.74) is 0. The largest absolute Gasteiger partial charge is 0.354 e. The molecule has 1 saturated heterocycles. The molecule has 0 amide bonds. The minimum absolute atomic E-state index is 0.702. The van der Waals surface area contributed by atoms with Crippen LogP contribution < -0.4 is 10.2 Å². The third kappa shape index (κ3) is 3.32. The smallest absolute Gasteiger partial charge is 0.224 e. The van der Waals surface area contributed by atoms with E-state index >= 15 is 0 Å². The molecule has 0 saturated carbocycles. The summed E-state index contributed by atoms with van der Waals surface area (Å²) in [4.78, 5) is 13.5. The topological polar surface area (TPSA) is 44.3 Å². The Labute approximate surface area is 117 Å². The lowest BCUT2D eigenvalue weighted by Crippen LogP contribution is -2.30. The number of halogens is 1. The van der Waals surface area contributed by atoms with E-state index in [2.05, 4.69) is 48.1 Å². The highest BCUT2D eigenvalue weighted by molar-refractivity contribution is 9.10. The third-order valence-corrected chi connectivity index (χ3v) is 3.64. The van der Waals surface area contributed by atoms with Crippen molar-refractivity contribution in [2.75, 3.05) is 50.0 Å². The van der Waals surface area contributed by atoms with Crippen molar-refractivity contribution in [3.63, 3.8) is 0 Å². The minimum atomic E-state index is 0.702. The highest BCUT2D eigenvalue weighted by Gasteiger charge is 2.16. The number of nitrogens with one attached hydrogen (secondary N) is 1. The molecule has 1 aromatic heterocycles. The van der Waals surface area contributed by atoms with Gasteiger partial charge in [0.05, 0.1) is 4.47 Å². The Morgan fingerprint density at radius 2 is 2.17 bits per heavy atom. The van der Waals surface area contributed by atoms with Gasteiger partial charge in [0.25, 0.3) is 0 Å². The van der Waals surface area contributed by atoms with E-state index in [-0.39, 0.29) is 0 Å². The fraction of sp³-hybridized carbons (Fsp3) is 0.667. The first-order valence-electron chi connectivity index (χ1n) is 6.40. The van der Waals surface area contributed by atoms with Crippen LogP contribution in [0.15, 0.2) is 10.7 Å². The molecule has 18 heavy (non-hydrogen) atoms. The van der Waals surface area contributed by atoms with E-state index < -0.39 is 0 Å². The van der Waals surface area contributed by atoms with Crippen molar-refractivity contribution in [1.82, 2.24) is 14.9 Å². The quantitative estimate of drug-likeness (QED) is 0.922. The zero-order valence-electron chi connectivity index (χ0n) is 11.0. The molecule has 1 aromatic rings. The Hall–Kier alpha value is -0.880. The molecule has 0 aromatic carbocycles. The molecular weight excluding hydrogens is 294 g/mol. The van der Waals surface area contributed by atoms with E-state index in [1.165, 1.54) is 6.42 Å². The zero-order valence-corrected chi connectivity index (χ0v) is 12.6. The Bertz CT molecular complexity index is 398. The average Bonchev–Trinajstić information content (AvgIpc) is 2.57. The third-order valence-electron chi connectivity index (χ3n) is 3.08. The SMILES string of the molecule is CCNc1ncc(Br)c(N2CCCN(C)CC2)n1. The van der Waals surface area contributed by atoms with E-state index in [0.29, 0.717) is 5.95 Å². The van der Waals surface area contributed by atoms with Gasteiger partial charge in [0.1, 0.15) is 5.82 Å². The van der Waals surface area contributed by atoms with Gasteiger partial charge < -0.3 is 15.1 Å². The maximum atomic E-state index is 4.59. The van der Waals surface area contributed by atoms with Gasteiger partial charge in [0, 0.05) is 32.4 Å². The molecule has 0 radical (unpaired) electrons. The van der Waals surface area contributed by atoms with Crippen LogP contribution >= 0.6 is 15.9 Å². The lowest BCUT2D eigenvalue weighted by Gasteiger charge is -2.23. The van der Waals surface area contributed by atoms with Crippen LogP contribution in [-0.4, -0.2) is 54.6 Å². The first kappa shape index (κ1) is 13.5. The van der Waals surface area contributed by atoms with Gasteiger partial charge in [-0.25, -0.2) is 4.98 Å². The fourth-order valence-corrected chi connectivity index (χ4v) is 2.52. The minimum Gasteiger partial charge on any atom is -0.354 e. The van der Waals surface area contributed by atoms with Gasteiger partial charge in [-0.3, -0.25) is 0 Å². The molecule has 1 N–H and O–H groups in total. The van der Waals surface area contributed by atoms with E-state index in [4.69, 9.17) is 0 Å². The molecule has 100 valence electrons. The molecule has 1 fully saturated rings. The summed E-state index contributed by atoms with van der Waals surface area (Å²) in [6, 6.07) is 0. The first-order chi connectivity index (χ1) is 8.70. The number of aromatic nitrogens is 2. The fourth-order valence-electron chi connectivity index (χ4n) is 2.08. The molecule has 2 rings (SSSR count). The number of anilines is 2. The average molecular weight is 314 g/mol. The Balaban J connectivity index is 2.17. The molecule has 0 aliphatic carbocycles. The van der Waals surface area contributed by atoms with E-state index in [0.717, 1.165) is 43.0 Å². The maximum Gasteiger partial charge on any atom is 0.224 e. The summed E-state index contributed by atoms with van der Waals surface area (Å²) in [7, 11) is 2.17. The standard InChI is InChI=1S/C12H20BrN5/c1-3-14-12-15-9-10(13)11(16-12)18-6-4-5-17(2)7-8-18/h9H,3-8H2,1-2H3,(H,14,15,16). The first-order valence-corrected chi connectivity index (χ1v) is 7.20. The van der Waals surface area contributed by atoms with Crippen LogP contribution in [0.3, 0.4) is 0 Å². The number of nitrogens with zero attached hydrogens (tertiary/aromatic N) is 4. The summed E-state index contributed by atoms with van der Waals surface area (Å²) in [6.07, 6.45) is 3.00. The number of hydrogen-bond acceptors (Lipinski definition) is 5. The second-order valence-electron chi connectivity index (χ2n) is 4.54. The van der Waals surface area contributed by atoms with Gasteiger partial charge >= 0.3 is 0 Å². The molecule has 1 aliphatic heterocycles. The van der Waals surface area contributed by atoms with Crippen LogP contribution in [-0.2, 0) is 0 Å². The van der Waals surface area contributed by atoms with Gasteiger partial charge in [0.2, 0.25) is 5.95 Å². The maximum absolute atomic E-state index is 4.59. The second kappa shape index (κ2) is 6.33. The second-order valence-corrected chi connectivity index (χ2v) is 5.39. The predicted molar refractivity (Wildman–Crippen MR) is 78.2 cm³/mol. The highest BCUT2D eigenvalue weighted by atomic mass is 79.9. The zero-order chi connectivity index (χ0) is 13.0. The van der Waals surface area contributed by atoms with Gasteiger partial charge in [-0.2, -0.15) is 4.98 Å². The van der Waals surface area contributed by atoms with Crippen molar-refractivity contribution < 1.29 is 0 Å². The van der Waals surface area contributed by atoms with Crippen molar-refractivity contribution >= 4 is 27.7 Å². The molecule has 0 atom stereocenters. The molecule has 6 heteroatoms.